The SMILES string of the molecule is CCCNC(c1ccc(Br)s1)c1cccc(Br)c1Cl. The van der Waals surface area contributed by atoms with Crippen LogP contribution in [0, 0.1) is 0 Å². The predicted octanol–water partition coefficient (Wildman–Crippen LogP) is 6.02. The van der Waals surface area contributed by atoms with Crippen LogP contribution >= 0.6 is 54.8 Å². The molecule has 1 nitrogen and oxygen atoms in total. The molecule has 1 unspecified atom stereocenters. The first-order chi connectivity index (χ1) is 9.13. The highest BCUT2D eigenvalue weighted by Gasteiger charge is 2.19. The summed E-state index contributed by atoms with van der Waals surface area (Å²) in [6, 6.07) is 10.4. The Morgan fingerprint density at radius 2 is 2.05 bits per heavy atom. The van der Waals surface area contributed by atoms with E-state index in [0.29, 0.717) is 0 Å². The average molecular weight is 424 g/mol. The van der Waals surface area contributed by atoms with E-state index in [9.17, 15) is 0 Å². The molecule has 0 saturated heterocycles. The first kappa shape index (κ1) is 15.5. The summed E-state index contributed by atoms with van der Waals surface area (Å²) in [4.78, 5) is 1.26. The van der Waals surface area contributed by atoms with Gasteiger partial charge in [-0.15, -0.1) is 11.3 Å². The van der Waals surface area contributed by atoms with Gasteiger partial charge in [-0.05, 0) is 68.6 Å². The quantitative estimate of drug-likeness (QED) is 0.620. The van der Waals surface area contributed by atoms with E-state index in [2.05, 4.69) is 62.3 Å². The standard InChI is InChI=1S/C14H14Br2ClNS/c1-2-8-18-14(11-6-7-12(16)19-11)9-4-3-5-10(15)13(9)17/h3-7,14,18H,2,8H2,1H3. The second kappa shape index (κ2) is 7.23. The van der Waals surface area contributed by atoms with Crippen LogP contribution < -0.4 is 5.32 Å². The van der Waals surface area contributed by atoms with Crippen LogP contribution in [0.1, 0.15) is 29.8 Å². The molecule has 1 heterocycles. The normalized spacial score (nSPS) is 12.6. The summed E-state index contributed by atoms with van der Waals surface area (Å²) in [7, 11) is 0. The molecule has 1 aromatic heterocycles. The highest BCUT2D eigenvalue weighted by atomic mass is 79.9. The number of benzene rings is 1. The zero-order valence-electron chi connectivity index (χ0n) is 10.4. The number of nitrogens with one attached hydrogen (secondary N) is 1. The van der Waals surface area contributed by atoms with Crippen molar-refractivity contribution in [3.63, 3.8) is 0 Å². The molecule has 0 aliphatic carbocycles. The predicted molar refractivity (Wildman–Crippen MR) is 91.3 cm³/mol. The molecule has 0 aliphatic rings. The van der Waals surface area contributed by atoms with E-state index in [1.165, 1.54) is 4.88 Å². The van der Waals surface area contributed by atoms with E-state index in [4.69, 9.17) is 11.6 Å². The summed E-state index contributed by atoms with van der Waals surface area (Å²) >= 11 is 15.2. The zero-order chi connectivity index (χ0) is 13.8. The Labute approximate surface area is 139 Å². The summed E-state index contributed by atoms with van der Waals surface area (Å²) in [6.45, 7) is 3.12. The van der Waals surface area contributed by atoms with Crippen LogP contribution in [0.25, 0.3) is 0 Å². The van der Waals surface area contributed by atoms with Gasteiger partial charge in [0.1, 0.15) is 0 Å². The largest absolute Gasteiger partial charge is 0.306 e. The second-order valence-electron chi connectivity index (χ2n) is 4.17. The van der Waals surface area contributed by atoms with Crippen molar-refractivity contribution in [3.8, 4) is 0 Å². The van der Waals surface area contributed by atoms with E-state index in [-0.39, 0.29) is 6.04 Å². The molecule has 0 radical (unpaired) electrons. The minimum Gasteiger partial charge on any atom is -0.306 e. The Morgan fingerprint density at radius 3 is 2.68 bits per heavy atom. The van der Waals surface area contributed by atoms with Gasteiger partial charge in [-0.3, -0.25) is 0 Å². The second-order valence-corrected chi connectivity index (χ2v) is 7.90. The van der Waals surface area contributed by atoms with E-state index in [1.54, 1.807) is 11.3 Å². The maximum atomic E-state index is 6.43. The fourth-order valence-corrected chi connectivity index (χ4v) is 4.01. The lowest BCUT2D eigenvalue weighted by atomic mass is 10.1. The van der Waals surface area contributed by atoms with E-state index in [1.807, 2.05) is 12.1 Å². The fourth-order valence-electron chi connectivity index (χ4n) is 1.88. The summed E-state index contributed by atoms with van der Waals surface area (Å²) in [5.41, 5.74) is 1.11. The molecule has 1 aromatic carbocycles. The number of hydrogen-bond donors (Lipinski definition) is 1. The molecule has 102 valence electrons. The van der Waals surface area contributed by atoms with Crippen LogP contribution in [0.5, 0.6) is 0 Å². The summed E-state index contributed by atoms with van der Waals surface area (Å²) in [6.07, 6.45) is 1.09. The highest BCUT2D eigenvalue weighted by Crippen LogP contribution is 2.36. The van der Waals surface area contributed by atoms with E-state index in [0.717, 1.165) is 31.8 Å². The molecule has 1 atom stereocenters. The highest BCUT2D eigenvalue weighted by molar-refractivity contribution is 9.11. The molecule has 0 spiro atoms. The molecule has 1 N–H and O–H groups in total. The van der Waals surface area contributed by atoms with Gasteiger partial charge >= 0.3 is 0 Å². The topological polar surface area (TPSA) is 12.0 Å². The van der Waals surface area contributed by atoms with Gasteiger partial charge < -0.3 is 5.32 Å². The van der Waals surface area contributed by atoms with Crippen molar-refractivity contribution in [1.82, 2.24) is 5.32 Å². The molecule has 5 heteroatoms. The van der Waals surface area contributed by atoms with Gasteiger partial charge in [0.15, 0.2) is 0 Å². The number of rotatable bonds is 5. The van der Waals surface area contributed by atoms with Gasteiger partial charge in [-0.25, -0.2) is 0 Å². The van der Waals surface area contributed by atoms with Crippen molar-refractivity contribution in [2.24, 2.45) is 0 Å². The number of halogens is 3. The van der Waals surface area contributed by atoms with Crippen molar-refractivity contribution in [3.05, 3.63) is 54.1 Å². The van der Waals surface area contributed by atoms with Gasteiger partial charge in [0.2, 0.25) is 0 Å². The smallest absolute Gasteiger partial charge is 0.0702 e. The first-order valence-electron chi connectivity index (χ1n) is 6.06. The third kappa shape index (κ3) is 3.82. The van der Waals surface area contributed by atoms with E-state index >= 15 is 0 Å². The Morgan fingerprint density at radius 1 is 1.26 bits per heavy atom. The zero-order valence-corrected chi connectivity index (χ0v) is 15.2. The minimum atomic E-state index is 0.140. The molecule has 2 aromatic rings. The van der Waals surface area contributed by atoms with Crippen molar-refractivity contribution >= 4 is 54.8 Å². The fraction of sp³-hybridized carbons (Fsp3) is 0.286. The molecule has 2 rings (SSSR count). The summed E-state index contributed by atoms with van der Waals surface area (Å²) in [5, 5.41) is 4.35. The maximum Gasteiger partial charge on any atom is 0.0702 e. The van der Waals surface area contributed by atoms with Crippen LogP contribution in [-0.4, -0.2) is 6.54 Å². The monoisotopic (exact) mass is 421 g/mol. The van der Waals surface area contributed by atoms with Crippen molar-refractivity contribution < 1.29 is 0 Å². The van der Waals surface area contributed by atoms with Crippen LogP contribution in [-0.2, 0) is 0 Å². The lowest BCUT2D eigenvalue weighted by Gasteiger charge is -2.19. The molecular formula is C14H14Br2ClNS. The Bertz CT molecular complexity index is 556. The van der Waals surface area contributed by atoms with Crippen LogP contribution in [0.2, 0.25) is 5.02 Å². The molecule has 19 heavy (non-hydrogen) atoms. The molecule has 0 amide bonds. The minimum absolute atomic E-state index is 0.140. The van der Waals surface area contributed by atoms with E-state index < -0.39 is 0 Å². The van der Waals surface area contributed by atoms with Crippen molar-refractivity contribution in [1.29, 1.82) is 0 Å². The Balaban J connectivity index is 2.39. The average Bonchev–Trinajstić information content (AvgIpc) is 2.81. The van der Waals surface area contributed by atoms with Gasteiger partial charge in [0.25, 0.3) is 0 Å². The van der Waals surface area contributed by atoms with Gasteiger partial charge in [-0.1, -0.05) is 30.7 Å². The van der Waals surface area contributed by atoms with Gasteiger partial charge in [0.05, 0.1) is 14.9 Å². The molecule has 0 bridgehead atoms. The summed E-state index contributed by atoms with van der Waals surface area (Å²) in [5.74, 6) is 0. The molecule has 0 aliphatic heterocycles. The molecule has 0 fully saturated rings. The van der Waals surface area contributed by atoms with Crippen LogP contribution in [0.4, 0.5) is 0 Å². The number of hydrogen-bond acceptors (Lipinski definition) is 2. The molecule has 0 saturated carbocycles. The summed E-state index contributed by atoms with van der Waals surface area (Å²) < 4.78 is 2.07. The van der Waals surface area contributed by atoms with Crippen molar-refractivity contribution in [2.45, 2.75) is 19.4 Å². The molecular weight excluding hydrogens is 409 g/mol. The van der Waals surface area contributed by atoms with Crippen LogP contribution in [0.15, 0.2) is 38.6 Å². The Kier molecular flexibility index (Phi) is 5.90. The van der Waals surface area contributed by atoms with Gasteiger partial charge in [0, 0.05) is 9.35 Å². The van der Waals surface area contributed by atoms with Crippen molar-refractivity contribution in [2.75, 3.05) is 6.54 Å². The third-order valence-corrected chi connectivity index (χ3v) is 5.77. The lowest BCUT2D eigenvalue weighted by molar-refractivity contribution is 0.606. The maximum absolute atomic E-state index is 6.43. The third-order valence-electron chi connectivity index (χ3n) is 2.77. The number of thiophene rings is 1. The first-order valence-corrected chi connectivity index (χ1v) is 8.84. The lowest BCUT2D eigenvalue weighted by Crippen LogP contribution is -2.22. The van der Waals surface area contributed by atoms with Crippen LogP contribution in [0.3, 0.4) is 0 Å². The Hall–Kier alpha value is 0.130. The van der Waals surface area contributed by atoms with Gasteiger partial charge in [-0.2, -0.15) is 0 Å².